The number of carboxylic acids is 1. The number of carbonyl (C=O) groups is 3. The Bertz CT molecular complexity index is 980. The van der Waals surface area contributed by atoms with Crippen LogP contribution in [0, 0.1) is 5.92 Å². The molecule has 0 rings (SSSR count). The number of hydrogen-bond donors (Lipinski definition) is 4. The Morgan fingerprint density at radius 1 is 0.740 bits per heavy atom. The Balaban J connectivity index is 4.46. The molecule has 4 atom stereocenters. The Kier molecular flexibility index (Phi) is 32.1. The van der Waals surface area contributed by atoms with E-state index in [-0.39, 0.29) is 37.8 Å². The van der Waals surface area contributed by atoms with Gasteiger partial charge in [0.05, 0.1) is 6.10 Å². The molecule has 10 heteroatoms. The number of unbranched alkanes of at least 4 members (excludes halogenated alkanes) is 10. The lowest BCUT2D eigenvalue weighted by Crippen LogP contribution is -2.38. The average Bonchev–Trinajstić information content (AvgIpc) is 3.08. The Morgan fingerprint density at radius 2 is 1.40 bits per heavy atom. The maximum Gasteiger partial charge on any atom is 0.323 e. The number of aliphatic hydroxyl groups is 2. The number of aliphatic hydroxyl groups excluding tert-OH is 2. The number of aliphatic carboxylic acids is 1. The third-order valence-electron chi connectivity index (χ3n) is 7.99. The van der Waals surface area contributed by atoms with Gasteiger partial charge in [0.25, 0.3) is 0 Å². The predicted molar refractivity (Wildman–Crippen MR) is 206 cm³/mol. The van der Waals surface area contributed by atoms with Crippen LogP contribution < -0.4 is 5.73 Å². The van der Waals surface area contributed by atoms with Gasteiger partial charge < -0.3 is 30.5 Å². The molecule has 0 aliphatic carbocycles. The van der Waals surface area contributed by atoms with Gasteiger partial charge in [0.2, 0.25) is 0 Å². The zero-order valence-corrected chi connectivity index (χ0v) is 32.0. The van der Waals surface area contributed by atoms with E-state index in [0.717, 1.165) is 38.0 Å². The molecule has 0 fully saturated rings. The third kappa shape index (κ3) is 31.6. The summed E-state index contributed by atoms with van der Waals surface area (Å²) in [7, 11) is 0. The summed E-state index contributed by atoms with van der Waals surface area (Å²) in [6.45, 7) is 6.09. The second-order valence-electron chi connectivity index (χ2n) is 13.4. The van der Waals surface area contributed by atoms with Gasteiger partial charge in [0.15, 0.2) is 0 Å². The second-order valence-corrected chi connectivity index (χ2v) is 14.6. The van der Waals surface area contributed by atoms with Crippen LogP contribution >= 0.6 is 11.8 Å². The molecule has 0 aliphatic rings. The van der Waals surface area contributed by atoms with E-state index in [1.807, 2.05) is 18.2 Å². The zero-order valence-electron chi connectivity index (χ0n) is 31.2. The molecule has 0 amide bonds. The normalized spacial score (nSPS) is 14.6. The van der Waals surface area contributed by atoms with Crippen molar-refractivity contribution in [2.75, 3.05) is 19.0 Å². The summed E-state index contributed by atoms with van der Waals surface area (Å²) < 4.78 is 10.3. The van der Waals surface area contributed by atoms with E-state index in [2.05, 4.69) is 39.0 Å². The maximum atomic E-state index is 12.5. The Hall–Kier alpha value is -2.40. The minimum atomic E-state index is -1.16. The number of esters is 2. The summed E-state index contributed by atoms with van der Waals surface area (Å²) in [5, 5.41) is 29.4. The maximum absolute atomic E-state index is 12.5. The number of carbonyl (C=O) groups excluding carboxylic acids is 2. The predicted octanol–water partition coefficient (Wildman–Crippen LogP) is 8.23. The summed E-state index contributed by atoms with van der Waals surface area (Å²) in [5.41, 5.74) is 6.04. The first-order valence-electron chi connectivity index (χ1n) is 19.0. The molecule has 0 unspecified atom stereocenters. The van der Waals surface area contributed by atoms with Crippen LogP contribution in [-0.4, -0.2) is 75.7 Å². The van der Waals surface area contributed by atoms with E-state index in [0.29, 0.717) is 12.8 Å². The summed E-state index contributed by atoms with van der Waals surface area (Å²) >= 11 is 1.27. The lowest BCUT2D eigenvalue weighted by molar-refractivity contribution is -0.153. The van der Waals surface area contributed by atoms with E-state index in [1.54, 1.807) is 12.2 Å². The zero-order chi connectivity index (χ0) is 37.2. The summed E-state index contributed by atoms with van der Waals surface area (Å²) in [6.07, 6.45) is 30.6. The third-order valence-corrected chi connectivity index (χ3v) is 9.40. The molecule has 0 heterocycles. The summed E-state index contributed by atoms with van der Waals surface area (Å²) in [4.78, 5) is 35.4. The highest BCUT2D eigenvalue weighted by Gasteiger charge is 2.23. The lowest BCUT2D eigenvalue weighted by Gasteiger charge is -2.21. The molecular weight excluding hydrogens is 655 g/mol. The fourth-order valence-corrected chi connectivity index (χ4v) is 6.07. The highest BCUT2D eigenvalue weighted by atomic mass is 32.2. The van der Waals surface area contributed by atoms with Gasteiger partial charge in [0.1, 0.15) is 25.4 Å². The Morgan fingerprint density at radius 3 is 2.08 bits per heavy atom. The smallest absolute Gasteiger partial charge is 0.323 e. The molecule has 0 aromatic heterocycles. The lowest BCUT2D eigenvalue weighted by atomic mass is 10.0. The fraction of sp³-hybridized carbons (Fsp3) is 0.725. The summed E-state index contributed by atoms with van der Waals surface area (Å²) in [6, 6.07) is -1.01. The molecule has 9 nitrogen and oxygen atoms in total. The molecule has 0 radical (unpaired) electrons. The quantitative estimate of drug-likeness (QED) is 0.0225. The van der Waals surface area contributed by atoms with E-state index in [4.69, 9.17) is 20.3 Å². The van der Waals surface area contributed by atoms with Crippen molar-refractivity contribution in [3.8, 4) is 0 Å². The minimum absolute atomic E-state index is 0.0434. The van der Waals surface area contributed by atoms with Crippen LogP contribution in [0.5, 0.6) is 0 Å². The van der Waals surface area contributed by atoms with Crippen LogP contribution in [0.25, 0.3) is 0 Å². The van der Waals surface area contributed by atoms with Crippen LogP contribution in [0.3, 0.4) is 0 Å². The standard InChI is InChI=1S/C40H69NO8S/c1-4-5-6-7-8-9-10-11-12-16-19-22-27-37(36(43)26-24-28-38(44)45)50-32-35(41)40(47)49-31-34(42)30-48-39(46)29-23-20-17-14-13-15-18-21-25-33(2)3/h8-9,11-12,16,19,22,27,33-37,42-43H,4-7,10,13-15,17-18,20-21,23-26,28-32,41H2,1-3H3,(H,44,45)/b9-8-,12-11-,19-16+,27-22+/t34-,35+,36+,37-/m1/s1. The number of rotatable bonds is 33. The van der Waals surface area contributed by atoms with Crippen molar-refractivity contribution in [1.82, 2.24) is 0 Å². The number of ether oxygens (including phenoxy) is 2. The van der Waals surface area contributed by atoms with E-state index in [1.165, 1.54) is 69.5 Å². The molecule has 0 saturated heterocycles. The monoisotopic (exact) mass is 723 g/mol. The van der Waals surface area contributed by atoms with E-state index >= 15 is 0 Å². The van der Waals surface area contributed by atoms with E-state index in [9.17, 15) is 24.6 Å². The number of hydrogen-bond acceptors (Lipinski definition) is 9. The molecule has 0 saturated carbocycles. The molecule has 288 valence electrons. The van der Waals surface area contributed by atoms with Crippen LogP contribution in [0.4, 0.5) is 0 Å². The number of carboxylic acid groups (broad SMARTS) is 1. The molecule has 0 bridgehead atoms. The topological polar surface area (TPSA) is 156 Å². The molecule has 0 aromatic rings. The average molecular weight is 724 g/mol. The molecule has 0 spiro atoms. The van der Waals surface area contributed by atoms with Crippen molar-refractivity contribution in [3.63, 3.8) is 0 Å². The van der Waals surface area contributed by atoms with Gasteiger partial charge in [0, 0.05) is 23.8 Å². The highest BCUT2D eigenvalue weighted by molar-refractivity contribution is 8.00. The molecule has 50 heavy (non-hydrogen) atoms. The van der Waals surface area contributed by atoms with Gasteiger partial charge >= 0.3 is 17.9 Å². The van der Waals surface area contributed by atoms with Gasteiger partial charge in [-0.1, -0.05) is 134 Å². The van der Waals surface area contributed by atoms with Crippen LogP contribution in [0.1, 0.15) is 136 Å². The van der Waals surface area contributed by atoms with Crippen molar-refractivity contribution in [1.29, 1.82) is 0 Å². The van der Waals surface area contributed by atoms with Gasteiger partial charge in [-0.05, 0) is 44.4 Å². The highest BCUT2D eigenvalue weighted by Crippen LogP contribution is 2.21. The van der Waals surface area contributed by atoms with Gasteiger partial charge in [-0.25, -0.2) is 0 Å². The molecular formula is C40H69NO8S. The largest absolute Gasteiger partial charge is 0.481 e. The van der Waals surface area contributed by atoms with Crippen LogP contribution in [0.2, 0.25) is 0 Å². The van der Waals surface area contributed by atoms with Crippen LogP contribution in [-0.2, 0) is 23.9 Å². The van der Waals surface area contributed by atoms with Gasteiger partial charge in [-0.3, -0.25) is 14.4 Å². The minimum Gasteiger partial charge on any atom is -0.481 e. The summed E-state index contributed by atoms with van der Waals surface area (Å²) in [5.74, 6) is -1.10. The fourth-order valence-electron chi connectivity index (χ4n) is 4.95. The van der Waals surface area contributed by atoms with Crippen molar-refractivity contribution >= 4 is 29.7 Å². The number of allylic oxidation sites excluding steroid dienone is 7. The Labute approximate surface area is 307 Å². The number of nitrogens with two attached hydrogens (primary N) is 1. The van der Waals surface area contributed by atoms with Gasteiger partial charge in [-0.2, -0.15) is 0 Å². The first-order chi connectivity index (χ1) is 24.1. The molecule has 0 aromatic carbocycles. The van der Waals surface area contributed by atoms with Gasteiger partial charge in [-0.15, -0.1) is 11.8 Å². The van der Waals surface area contributed by atoms with Crippen molar-refractivity contribution in [2.45, 2.75) is 160 Å². The van der Waals surface area contributed by atoms with E-state index < -0.39 is 35.4 Å². The first-order valence-corrected chi connectivity index (χ1v) is 20.0. The van der Waals surface area contributed by atoms with Crippen molar-refractivity contribution in [2.24, 2.45) is 11.7 Å². The van der Waals surface area contributed by atoms with Crippen molar-refractivity contribution in [3.05, 3.63) is 48.6 Å². The first kappa shape index (κ1) is 47.6. The SMILES string of the molecule is CCCCC/C=C\C\C=C/C=C/C=C/[C@@H](SC[C@H](N)C(=O)OC[C@H](O)COC(=O)CCCCCCCCCCC(C)C)[C@@H](O)CCCC(=O)O. The number of thioether (sulfide) groups is 1. The second kappa shape index (κ2) is 33.7. The van der Waals surface area contributed by atoms with Crippen LogP contribution in [0.15, 0.2) is 48.6 Å². The van der Waals surface area contributed by atoms with Crippen molar-refractivity contribution < 1.29 is 39.2 Å². The molecule has 5 N–H and O–H groups in total. The molecule has 0 aliphatic heterocycles.